The van der Waals surface area contributed by atoms with Gasteiger partial charge in [-0.15, -0.1) is 10.2 Å². The van der Waals surface area contributed by atoms with Crippen molar-refractivity contribution in [1.29, 1.82) is 0 Å². The molecule has 0 N–H and O–H groups in total. The predicted octanol–water partition coefficient (Wildman–Crippen LogP) is 1.87. The van der Waals surface area contributed by atoms with Crippen LogP contribution in [0.5, 0.6) is 0 Å². The van der Waals surface area contributed by atoms with Crippen LogP contribution in [-0.4, -0.2) is 33.2 Å². The lowest BCUT2D eigenvalue weighted by Gasteiger charge is -2.03. The number of esters is 1. The predicted molar refractivity (Wildman–Crippen MR) is 71.9 cm³/mol. The SMILES string of the molecule is COC(=O)c1ccc2nnc(-c3cccnc3)nc2c1. The minimum Gasteiger partial charge on any atom is -0.465 e. The van der Waals surface area contributed by atoms with Gasteiger partial charge in [0.15, 0.2) is 5.82 Å². The highest BCUT2D eigenvalue weighted by atomic mass is 16.5. The number of ether oxygens (including phenoxy) is 1. The minimum absolute atomic E-state index is 0.409. The second-order valence-corrected chi connectivity index (χ2v) is 4.07. The first-order valence-corrected chi connectivity index (χ1v) is 5.91. The number of hydrogen-bond donors (Lipinski definition) is 0. The van der Waals surface area contributed by atoms with Crippen molar-refractivity contribution in [2.75, 3.05) is 7.11 Å². The van der Waals surface area contributed by atoms with Gasteiger partial charge in [-0.1, -0.05) is 0 Å². The number of hydrogen-bond acceptors (Lipinski definition) is 6. The summed E-state index contributed by atoms with van der Waals surface area (Å²) < 4.78 is 4.69. The summed E-state index contributed by atoms with van der Waals surface area (Å²) in [6.07, 6.45) is 3.33. The molecule has 0 aliphatic heterocycles. The molecule has 1 aromatic carbocycles. The summed E-state index contributed by atoms with van der Waals surface area (Å²) in [6, 6.07) is 8.60. The van der Waals surface area contributed by atoms with Crippen LogP contribution >= 0.6 is 0 Å². The van der Waals surface area contributed by atoms with E-state index in [1.807, 2.05) is 6.07 Å². The summed E-state index contributed by atoms with van der Waals surface area (Å²) in [4.78, 5) is 19.9. The Morgan fingerprint density at radius 1 is 1.15 bits per heavy atom. The molecular weight excluding hydrogens is 256 g/mol. The molecule has 0 saturated heterocycles. The maximum absolute atomic E-state index is 11.5. The molecule has 0 atom stereocenters. The van der Waals surface area contributed by atoms with Gasteiger partial charge in [0.2, 0.25) is 0 Å². The Morgan fingerprint density at radius 2 is 2.05 bits per heavy atom. The third-order valence-electron chi connectivity index (χ3n) is 2.80. The maximum atomic E-state index is 11.5. The first-order valence-electron chi connectivity index (χ1n) is 5.91. The van der Waals surface area contributed by atoms with Gasteiger partial charge < -0.3 is 4.74 Å². The molecular formula is C14H10N4O2. The zero-order chi connectivity index (χ0) is 13.9. The van der Waals surface area contributed by atoms with E-state index in [1.54, 1.807) is 36.7 Å². The van der Waals surface area contributed by atoms with Gasteiger partial charge >= 0.3 is 5.97 Å². The molecule has 2 heterocycles. The Bertz CT molecular complexity index is 774. The highest BCUT2D eigenvalue weighted by Crippen LogP contribution is 2.17. The Morgan fingerprint density at radius 3 is 2.80 bits per heavy atom. The van der Waals surface area contributed by atoms with Crippen LogP contribution < -0.4 is 0 Å². The Hall–Kier alpha value is -2.89. The fourth-order valence-corrected chi connectivity index (χ4v) is 1.80. The molecule has 0 aliphatic carbocycles. The number of fused-ring (bicyclic) bond motifs is 1. The fourth-order valence-electron chi connectivity index (χ4n) is 1.80. The Labute approximate surface area is 114 Å². The number of aromatic nitrogens is 4. The van der Waals surface area contributed by atoms with Crippen molar-refractivity contribution in [2.24, 2.45) is 0 Å². The van der Waals surface area contributed by atoms with Crippen LogP contribution in [-0.2, 0) is 4.74 Å². The highest BCUT2D eigenvalue weighted by Gasteiger charge is 2.09. The summed E-state index contributed by atoms with van der Waals surface area (Å²) in [7, 11) is 1.34. The van der Waals surface area contributed by atoms with Crippen molar-refractivity contribution in [3.63, 3.8) is 0 Å². The molecule has 0 saturated carbocycles. The van der Waals surface area contributed by atoms with Crippen molar-refractivity contribution in [3.8, 4) is 11.4 Å². The van der Waals surface area contributed by atoms with Crippen LogP contribution in [0.25, 0.3) is 22.4 Å². The van der Waals surface area contributed by atoms with E-state index in [2.05, 4.69) is 24.9 Å². The van der Waals surface area contributed by atoms with Gasteiger partial charge in [-0.2, -0.15) is 0 Å². The second-order valence-electron chi connectivity index (χ2n) is 4.07. The summed E-state index contributed by atoms with van der Waals surface area (Å²) in [5.74, 6) is 0.0565. The summed E-state index contributed by atoms with van der Waals surface area (Å²) in [5, 5.41) is 8.15. The molecule has 20 heavy (non-hydrogen) atoms. The van der Waals surface area contributed by atoms with Gasteiger partial charge in [-0.25, -0.2) is 9.78 Å². The van der Waals surface area contributed by atoms with Crippen LogP contribution in [0.15, 0.2) is 42.7 Å². The van der Waals surface area contributed by atoms with Crippen molar-refractivity contribution in [3.05, 3.63) is 48.3 Å². The molecule has 0 radical (unpaired) electrons. The highest BCUT2D eigenvalue weighted by molar-refractivity contribution is 5.93. The molecule has 3 aromatic rings. The second kappa shape index (κ2) is 5.00. The first-order chi connectivity index (χ1) is 9.78. The number of methoxy groups -OCH3 is 1. The van der Waals surface area contributed by atoms with Crippen LogP contribution in [0.4, 0.5) is 0 Å². The van der Waals surface area contributed by atoms with Crippen molar-refractivity contribution in [2.45, 2.75) is 0 Å². The molecule has 0 amide bonds. The number of benzene rings is 1. The number of nitrogens with zero attached hydrogens (tertiary/aromatic N) is 4. The van der Waals surface area contributed by atoms with E-state index in [1.165, 1.54) is 7.11 Å². The Kier molecular flexibility index (Phi) is 3.04. The summed E-state index contributed by atoms with van der Waals surface area (Å²) in [5.41, 5.74) is 2.40. The maximum Gasteiger partial charge on any atom is 0.337 e. The summed E-state index contributed by atoms with van der Waals surface area (Å²) in [6.45, 7) is 0. The van der Waals surface area contributed by atoms with E-state index < -0.39 is 5.97 Å². The molecule has 6 nitrogen and oxygen atoms in total. The molecule has 3 rings (SSSR count). The van der Waals surface area contributed by atoms with E-state index in [0.29, 0.717) is 22.4 Å². The third-order valence-corrected chi connectivity index (χ3v) is 2.80. The van der Waals surface area contributed by atoms with Crippen LogP contribution in [0, 0.1) is 0 Å². The van der Waals surface area contributed by atoms with Crippen molar-refractivity contribution < 1.29 is 9.53 Å². The van der Waals surface area contributed by atoms with E-state index in [-0.39, 0.29) is 0 Å². The van der Waals surface area contributed by atoms with Gasteiger partial charge in [0.05, 0.1) is 18.2 Å². The largest absolute Gasteiger partial charge is 0.465 e. The molecule has 0 spiro atoms. The lowest BCUT2D eigenvalue weighted by Crippen LogP contribution is -2.02. The zero-order valence-corrected chi connectivity index (χ0v) is 10.6. The normalized spacial score (nSPS) is 10.4. The fraction of sp³-hybridized carbons (Fsp3) is 0.0714. The van der Waals surface area contributed by atoms with Crippen LogP contribution in [0.2, 0.25) is 0 Å². The number of rotatable bonds is 2. The topological polar surface area (TPSA) is 77.9 Å². The molecule has 98 valence electrons. The van der Waals surface area contributed by atoms with Gasteiger partial charge in [0.25, 0.3) is 0 Å². The van der Waals surface area contributed by atoms with E-state index in [4.69, 9.17) is 0 Å². The third kappa shape index (κ3) is 2.18. The van der Waals surface area contributed by atoms with Gasteiger partial charge in [-0.05, 0) is 30.3 Å². The van der Waals surface area contributed by atoms with E-state index >= 15 is 0 Å². The monoisotopic (exact) mass is 266 g/mol. The number of carbonyl (C=O) groups is 1. The lowest BCUT2D eigenvalue weighted by molar-refractivity contribution is 0.0601. The van der Waals surface area contributed by atoms with Crippen molar-refractivity contribution >= 4 is 17.0 Å². The molecule has 2 aromatic heterocycles. The van der Waals surface area contributed by atoms with Gasteiger partial charge in [-0.3, -0.25) is 4.98 Å². The van der Waals surface area contributed by atoms with E-state index in [0.717, 1.165) is 5.56 Å². The molecule has 6 heteroatoms. The lowest BCUT2D eigenvalue weighted by atomic mass is 10.2. The molecule has 0 fully saturated rings. The minimum atomic E-state index is -0.409. The first kappa shape index (κ1) is 12.2. The molecule has 0 bridgehead atoms. The zero-order valence-electron chi connectivity index (χ0n) is 10.6. The van der Waals surface area contributed by atoms with E-state index in [9.17, 15) is 4.79 Å². The average Bonchev–Trinajstić information content (AvgIpc) is 2.54. The van der Waals surface area contributed by atoms with Crippen LogP contribution in [0.3, 0.4) is 0 Å². The smallest absolute Gasteiger partial charge is 0.337 e. The standard InChI is InChI=1S/C14H10N4O2/c1-20-14(19)9-4-5-11-12(7-9)16-13(18-17-11)10-3-2-6-15-8-10/h2-8H,1H3. The van der Waals surface area contributed by atoms with Crippen LogP contribution in [0.1, 0.15) is 10.4 Å². The van der Waals surface area contributed by atoms with Gasteiger partial charge in [0.1, 0.15) is 5.52 Å². The number of carbonyl (C=O) groups excluding carboxylic acids is 1. The Balaban J connectivity index is 2.12. The summed E-state index contributed by atoms with van der Waals surface area (Å²) >= 11 is 0. The average molecular weight is 266 g/mol. The quantitative estimate of drug-likeness (QED) is 0.659. The molecule has 0 aliphatic rings. The van der Waals surface area contributed by atoms with Gasteiger partial charge in [0, 0.05) is 18.0 Å². The number of pyridine rings is 1. The molecule has 0 unspecified atom stereocenters. The van der Waals surface area contributed by atoms with Crippen molar-refractivity contribution in [1.82, 2.24) is 20.2 Å².